The van der Waals surface area contributed by atoms with Crippen LogP contribution in [0.5, 0.6) is 0 Å². The standard InChI is InChI=1S/C14H18N4O2/c1-10(11-5-3-2-4-6-11)17-14-13(18(19)20)12(9-15)7-8-16-14/h7-8,10-11H,2-6H2,1H3,(H,16,17). The van der Waals surface area contributed by atoms with Crippen molar-refractivity contribution in [1.82, 2.24) is 4.98 Å². The SMILES string of the molecule is CC(Nc1nccc(C#N)c1[N+](=O)[O-])C1CCCCC1. The Labute approximate surface area is 118 Å². The summed E-state index contributed by atoms with van der Waals surface area (Å²) < 4.78 is 0. The van der Waals surface area contributed by atoms with Gasteiger partial charge in [0.1, 0.15) is 11.6 Å². The molecule has 1 fully saturated rings. The van der Waals surface area contributed by atoms with E-state index in [1.54, 1.807) is 0 Å². The molecule has 1 aliphatic rings. The van der Waals surface area contributed by atoms with Crippen molar-refractivity contribution in [3.05, 3.63) is 27.9 Å². The molecule has 1 aromatic heterocycles. The summed E-state index contributed by atoms with van der Waals surface area (Å²) in [6.07, 6.45) is 7.40. The number of hydrogen-bond donors (Lipinski definition) is 1. The van der Waals surface area contributed by atoms with Gasteiger partial charge in [0.25, 0.3) is 0 Å². The highest BCUT2D eigenvalue weighted by Gasteiger charge is 2.25. The van der Waals surface area contributed by atoms with Gasteiger partial charge < -0.3 is 5.32 Å². The first-order valence-corrected chi connectivity index (χ1v) is 6.93. The molecule has 1 aliphatic carbocycles. The fourth-order valence-electron chi connectivity index (χ4n) is 2.80. The van der Waals surface area contributed by atoms with Gasteiger partial charge in [0.05, 0.1) is 4.92 Å². The summed E-state index contributed by atoms with van der Waals surface area (Å²) in [4.78, 5) is 14.6. The Morgan fingerprint density at radius 2 is 2.20 bits per heavy atom. The first kappa shape index (κ1) is 14.3. The largest absolute Gasteiger partial charge is 0.362 e. The number of nitrogens with one attached hydrogen (secondary N) is 1. The Kier molecular flexibility index (Phi) is 4.51. The summed E-state index contributed by atoms with van der Waals surface area (Å²) in [5.74, 6) is 0.711. The molecule has 0 bridgehead atoms. The van der Waals surface area contributed by atoms with Crippen molar-refractivity contribution in [2.45, 2.75) is 45.1 Å². The van der Waals surface area contributed by atoms with Crippen molar-refractivity contribution in [2.24, 2.45) is 5.92 Å². The smallest absolute Gasteiger partial charge is 0.328 e. The van der Waals surface area contributed by atoms with E-state index < -0.39 is 4.92 Å². The van der Waals surface area contributed by atoms with Gasteiger partial charge in [-0.2, -0.15) is 5.26 Å². The first-order chi connectivity index (χ1) is 9.63. The van der Waals surface area contributed by atoms with E-state index in [1.807, 2.05) is 13.0 Å². The number of nitro groups is 1. The van der Waals surface area contributed by atoms with Gasteiger partial charge in [0.15, 0.2) is 0 Å². The lowest BCUT2D eigenvalue weighted by Gasteiger charge is -2.28. The molecule has 1 N–H and O–H groups in total. The number of rotatable bonds is 4. The molecular formula is C14H18N4O2. The monoisotopic (exact) mass is 274 g/mol. The highest BCUT2D eigenvalue weighted by molar-refractivity contribution is 5.64. The number of aromatic nitrogens is 1. The molecule has 1 atom stereocenters. The number of anilines is 1. The van der Waals surface area contributed by atoms with E-state index in [4.69, 9.17) is 5.26 Å². The molecule has 1 aromatic rings. The van der Waals surface area contributed by atoms with Crippen LogP contribution >= 0.6 is 0 Å². The molecule has 6 heteroatoms. The highest BCUT2D eigenvalue weighted by Crippen LogP contribution is 2.31. The van der Waals surface area contributed by atoms with E-state index in [1.165, 1.54) is 31.5 Å². The van der Waals surface area contributed by atoms with Gasteiger partial charge in [-0.25, -0.2) is 4.98 Å². The maximum absolute atomic E-state index is 11.1. The van der Waals surface area contributed by atoms with E-state index >= 15 is 0 Å². The van der Waals surface area contributed by atoms with Crippen LogP contribution in [0, 0.1) is 27.4 Å². The van der Waals surface area contributed by atoms with Crippen molar-refractivity contribution in [2.75, 3.05) is 5.32 Å². The zero-order valence-electron chi connectivity index (χ0n) is 11.5. The van der Waals surface area contributed by atoms with Crippen molar-refractivity contribution in [3.8, 4) is 6.07 Å². The Balaban J connectivity index is 2.20. The molecule has 0 amide bonds. The first-order valence-electron chi connectivity index (χ1n) is 6.93. The summed E-state index contributed by atoms with van der Waals surface area (Å²) in [5, 5.41) is 23.2. The van der Waals surface area contributed by atoms with Gasteiger partial charge in [0, 0.05) is 12.2 Å². The third-order valence-electron chi connectivity index (χ3n) is 3.95. The predicted octanol–water partition coefficient (Wildman–Crippen LogP) is 3.24. The molecule has 20 heavy (non-hydrogen) atoms. The van der Waals surface area contributed by atoms with E-state index in [2.05, 4.69) is 10.3 Å². The molecule has 1 heterocycles. The molecule has 0 saturated heterocycles. The molecule has 1 saturated carbocycles. The minimum atomic E-state index is -0.540. The predicted molar refractivity (Wildman–Crippen MR) is 75.3 cm³/mol. The highest BCUT2D eigenvalue weighted by atomic mass is 16.6. The molecule has 1 unspecified atom stereocenters. The van der Waals surface area contributed by atoms with Crippen LogP contribution in [-0.2, 0) is 0 Å². The second-order valence-electron chi connectivity index (χ2n) is 5.26. The summed E-state index contributed by atoms with van der Waals surface area (Å²) >= 11 is 0. The summed E-state index contributed by atoms with van der Waals surface area (Å²) in [6.45, 7) is 2.03. The lowest BCUT2D eigenvalue weighted by molar-refractivity contribution is -0.384. The van der Waals surface area contributed by atoms with E-state index in [0.29, 0.717) is 5.92 Å². The summed E-state index contributed by atoms with van der Waals surface area (Å²) in [6, 6.07) is 3.34. The molecule has 6 nitrogen and oxygen atoms in total. The summed E-state index contributed by atoms with van der Waals surface area (Å²) in [5.41, 5.74) is -0.180. The molecular weight excluding hydrogens is 256 g/mol. The molecule has 0 aliphatic heterocycles. The molecule has 0 aromatic carbocycles. The Morgan fingerprint density at radius 1 is 1.50 bits per heavy atom. The van der Waals surface area contributed by atoms with Crippen molar-refractivity contribution >= 4 is 11.5 Å². The topological polar surface area (TPSA) is 91.8 Å². The van der Waals surface area contributed by atoms with Gasteiger partial charge >= 0.3 is 5.69 Å². The quantitative estimate of drug-likeness (QED) is 0.672. The number of hydrogen-bond acceptors (Lipinski definition) is 5. The van der Waals surface area contributed by atoms with Crippen molar-refractivity contribution < 1.29 is 4.92 Å². The van der Waals surface area contributed by atoms with Crippen LogP contribution in [0.15, 0.2) is 12.3 Å². The minimum Gasteiger partial charge on any atom is -0.362 e. The van der Waals surface area contributed by atoms with Crippen LogP contribution in [0.4, 0.5) is 11.5 Å². The van der Waals surface area contributed by atoms with Crippen molar-refractivity contribution in [3.63, 3.8) is 0 Å². The average Bonchev–Trinajstić information content (AvgIpc) is 2.47. The Bertz CT molecular complexity index is 532. The van der Waals surface area contributed by atoms with Gasteiger partial charge in [-0.05, 0) is 31.7 Å². The van der Waals surface area contributed by atoms with Gasteiger partial charge in [-0.15, -0.1) is 0 Å². The third kappa shape index (κ3) is 3.05. The van der Waals surface area contributed by atoms with Crippen LogP contribution in [-0.4, -0.2) is 15.9 Å². The maximum atomic E-state index is 11.1. The number of nitriles is 1. The van der Waals surface area contributed by atoms with E-state index in [0.717, 1.165) is 12.8 Å². The lowest BCUT2D eigenvalue weighted by atomic mass is 9.84. The molecule has 0 spiro atoms. The minimum absolute atomic E-state index is 0.0448. The second kappa shape index (κ2) is 6.33. The third-order valence-corrected chi connectivity index (χ3v) is 3.95. The lowest BCUT2D eigenvalue weighted by Crippen LogP contribution is -2.28. The Hall–Kier alpha value is -2.16. The fourth-order valence-corrected chi connectivity index (χ4v) is 2.80. The van der Waals surface area contributed by atoms with Gasteiger partial charge in [-0.3, -0.25) is 10.1 Å². The number of pyridine rings is 1. The van der Waals surface area contributed by atoms with Crippen LogP contribution in [0.1, 0.15) is 44.6 Å². The second-order valence-corrected chi connectivity index (χ2v) is 5.26. The van der Waals surface area contributed by atoms with Crippen LogP contribution in [0.2, 0.25) is 0 Å². The van der Waals surface area contributed by atoms with E-state index in [-0.39, 0.29) is 23.1 Å². The zero-order valence-corrected chi connectivity index (χ0v) is 11.5. The van der Waals surface area contributed by atoms with Crippen LogP contribution < -0.4 is 5.32 Å². The summed E-state index contributed by atoms with van der Waals surface area (Å²) in [7, 11) is 0. The average molecular weight is 274 g/mol. The molecule has 106 valence electrons. The molecule has 0 radical (unpaired) electrons. The fraction of sp³-hybridized carbons (Fsp3) is 0.571. The van der Waals surface area contributed by atoms with Crippen LogP contribution in [0.25, 0.3) is 0 Å². The van der Waals surface area contributed by atoms with Gasteiger partial charge in [-0.1, -0.05) is 19.3 Å². The van der Waals surface area contributed by atoms with Gasteiger partial charge in [0.2, 0.25) is 5.82 Å². The zero-order chi connectivity index (χ0) is 14.5. The van der Waals surface area contributed by atoms with Crippen LogP contribution in [0.3, 0.4) is 0 Å². The maximum Gasteiger partial charge on any atom is 0.328 e. The van der Waals surface area contributed by atoms with Crippen molar-refractivity contribution in [1.29, 1.82) is 5.26 Å². The van der Waals surface area contributed by atoms with E-state index in [9.17, 15) is 10.1 Å². The normalized spacial score (nSPS) is 17.2. The Morgan fingerprint density at radius 3 is 2.80 bits per heavy atom. The molecule has 2 rings (SSSR count). The number of nitrogens with zero attached hydrogens (tertiary/aromatic N) is 3.